The summed E-state index contributed by atoms with van der Waals surface area (Å²) in [5.41, 5.74) is 0. The summed E-state index contributed by atoms with van der Waals surface area (Å²) in [5, 5.41) is 0. The van der Waals surface area contributed by atoms with Gasteiger partial charge in [-0.15, -0.1) is 0 Å². The average molecular weight is 337 g/mol. The van der Waals surface area contributed by atoms with Crippen molar-refractivity contribution < 1.29 is 24.8 Å². The van der Waals surface area contributed by atoms with Gasteiger partial charge in [0.1, 0.15) is 0 Å². The van der Waals surface area contributed by atoms with E-state index in [9.17, 15) is 0 Å². The molecule has 0 saturated heterocycles. The Hall–Kier alpha value is 0.396. The molecule has 3 unspecified atom stereocenters. The molecule has 0 aromatic carbocycles. The summed E-state index contributed by atoms with van der Waals surface area (Å²) in [5.74, 6) is 0. The van der Waals surface area contributed by atoms with Gasteiger partial charge in [0.25, 0.3) is 0 Å². The summed E-state index contributed by atoms with van der Waals surface area (Å²) in [6, 6.07) is 0. The van der Waals surface area contributed by atoms with Crippen molar-refractivity contribution in [2.75, 3.05) is 21.3 Å². The molecular weight excluding hydrogens is 310 g/mol. The Bertz CT molecular complexity index is 161. The molecule has 0 fully saturated rings. The zero-order valence-electron chi connectivity index (χ0n) is 12.9. The molecule has 0 aliphatic carbocycles. The topological polar surface area (TPSA) is 55.4 Å². The van der Waals surface area contributed by atoms with Crippen molar-refractivity contribution in [3.05, 3.63) is 0 Å². The van der Waals surface area contributed by atoms with E-state index in [2.05, 4.69) is 0 Å². The van der Waals surface area contributed by atoms with Crippen molar-refractivity contribution in [1.82, 2.24) is 0 Å². The van der Waals surface area contributed by atoms with E-state index < -0.39 is 17.3 Å². The van der Waals surface area contributed by atoms with Crippen LogP contribution in [-0.2, 0) is 24.8 Å². The van der Waals surface area contributed by atoms with Crippen LogP contribution in [0.25, 0.3) is 0 Å². The van der Waals surface area contributed by atoms with Gasteiger partial charge < -0.3 is 0 Å². The molecule has 6 nitrogen and oxygen atoms in total. The maximum atomic E-state index is 5.78. The predicted molar refractivity (Wildman–Crippen MR) is 72.3 cm³/mol. The van der Waals surface area contributed by atoms with Crippen LogP contribution in [0.4, 0.5) is 0 Å². The van der Waals surface area contributed by atoms with Gasteiger partial charge in [-0.1, -0.05) is 0 Å². The Kier molecular flexibility index (Phi) is 12.4. The Morgan fingerprint density at radius 1 is 0.632 bits per heavy atom. The van der Waals surface area contributed by atoms with E-state index in [-0.39, 0.29) is 18.9 Å². The molecule has 0 heterocycles. The third kappa shape index (κ3) is 8.31. The fraction of sp³-hybridized carbons (Fsp3) is 1.00. The first-order chi connectivity index (χ1) is 9.14. The molecule has 0 rings (SSSR count). The standard InChI is InChI=1S/3C4H9O2.Ga/c3*1-3-4(5)6-2;/h3*4H,3H2,1-2H3;/q3*-1;+3. The third-order valence-corrected chi connectivity index (χ3v) is 5.89. The third-order valence-electron chi connectivity index (χ3n) is 2.58. The normalized spacial score (nSPS) is 16.1. The molecule has 114 valence electrons. The summed E-state index contributed by atoms with van der Waals surface area (Å²) in [4.78, 5) is 0. The van der Waals surface area contributed by atoms with Crippen LogP contribution in [0.2, 0.25) is 0 Å². The molecule has 0 aromatic rings. The van der Waals surface area contributed by atoms with E-state index in [1.165, 1.54) is 0 Å². The SMILES string of the molecule is CCC(OC)[O][Ga]([O]C(CC)OC)[O]C(CC)OC. The van der Waals surface area contributed by atoms with Gasteiger partial charge in [0.15, 0.2) is 0 Å². The zero-order chi connectivity index (χ0) is 14.7. The molecule has 0 N–H and O–H groups in total. The van der Waals surface area contributed by atoms with Crippen LogP contribution in [0, 0.1) is 0 Å². The first kappa shape index (κ1) is 19.4. The van der Waals surface area contributed by atoms with E-state index in [4.69, 9.17) is 24.8 Å². The van der Waals surface area contributed by atoms with E-state index >= 15 is 0 Å². The van der Waals surface area contributed by atoms with Crippen LogP contribution < -0.4 is 0 Å². The molecule has 0 amide bonds. The quantitative estimate of drug-likeness (QED) is 0.402. The molecule has 0 radical (unpaired) electrons. The fourth-order valence-electron chi connectivity index (χ4n) is 1.42. The molecule has 19 heavy (non-hydrogen) atoms. The van der Waals surface area contributed by atoms with Crippen LogP contribution in [-0.4, -0.2) is 57.5 Å². The minimum atomic E-state index is -2.91. The summed E-state index contributed by atoms with van der Waals surface area (Å²) in [6.07, 6.45) is 1.27. The maximum absolute atomic E-state index is 5.78. The molecular formula is C12H27GaO6. The molecule has 0 aromatic heterocycles. The second-order valence-electron chi connectivity index (χ2n) is 3.92. The van der Waals surface area contributed by atoms with Crippen molar-refractivity contribution >= 4 is 17.3 Å². The van der Waals surface area contributed by atoms with Gasteiger partial charge in [-0.2, -0.15) is 0 Å². The summed E-state index contributed by atoms with van der Waals surface area (Å²) < 4.78 is 33.0. The van der Waals surface area contributed by atoms with E-state index in [0.29, 0.717) is 0 Å². The van der Waals surface area contributed by atoms with Crippen LogP contribution in [0.15, 0.2) is 0 Å². The van der Waals surface area contributed by atoms with Crippen molar-refractivity contribution in [2.45, 2.75) is 58.9 Å². The van der Waals surface area contributed by atoms with Crippen molar-refractivity contribution in [2.24, 2.45) is 0 Å². The van der Waals surface area contributed by atoms with E-state index in [1.54, 1.807) is 21.3 Å². The summed E-state index contributed by atoms with van der Waals surface area (Å²) >= 11 is -2.91. The Labute approximate surface area is 122 Å². The van der Waals surface area contributed by atoms with Gasteiger partial charge in [0.2, 0.25) is 0 Å². The van der Waals surface area contributed by atoms with Crippen molar-refractivity contribution in [3.63, 3.8) is 0 Å². The van der Waals surface area contributed by atoms with Gasteiger partial charge in [-0.25, -0.2) is 0 Å². The first-order valence-electron chi connectivity index (χ1n) is 6.69. The zero-order valence-corrected chi connectivity index (χ0v) is 15.3. The number of rotatable bonds is 12. The van der Waals surface area contributed by atoms with Gasteiger partial charge in [0.05, 0.1) is 0 Å². The van der Waals surface area contributed by atoms with Crippen molar-refractivity contribution in [1.29, 1.82) is 0 Å². The fourth-order valence-corrected chi connectivity index (χ4v) is 5.30. The Morgan fingerprint density at radius 2 is 0.895 bits per heavy atom. The summed E-state index contributed by atoms with van der Waals surface area (Å²) in [6.45, 7) is 5.94. The number of ether oxygens (including phenoxy) is 3. The second kappa shape index (κ2) is 12.2. The molecule has 0 bridgehead atoms. The molecule has 0 aliphatic heterocycles. The van der Waals surface area contributed by atoms with Crippen LogP contribution in [0.1, 0.15) is 40.0 Å². The number of methoxy groups -OCH3 is 3. The summed E-state index contributed by atoms with van der Waals surface area (Å²) in [7, 11) is 4.82. The van der Waals surface area contributed by atoms with Gasteiger partial charge in [-0.05, 0) is 0 Å². The number of hydrogen-bond acceptors (Lipinski definition) is 6. The number of hydrogen-bond donors (Lipinski definition) is 0. The molecule has 0 aliphatic rings. The molecule has 3 atom stereocenters. The molecule has 0 saturated carbocycles. The van der Waals surface area contributed by atoms with Crippen LogP contribution in [0.3, 0.4) is 0 Å². The van der Waals surface area contributed by atoms with Gasteiger partial charge >= 0.3 is 122 Å². The average Bonchev–Trinajstić information content (AvgIpc) is 2.46. The molecule has 0 spiro atoms. The predicted octanol–water partition coefficient (Wildman–Crippen LogP) is 2.17. The monoisotopic (exact) mass is 336 g/mol. The van der Waals surface area contributed by atoms with E-state index in [0.717, 1.165) is 19.3 Å². The Balaban J connectivity index is 4.51. The van der Waals surface area contributed by atoms with Crippen LogP contribution >= 0.6 is 0 Å². The Morgan fingerprint density at radius 3 is 1.05 bits per heavy atom. The van der Waals surface area contributed by atoms with E-state index in [1.807, 2.05) is 20.8 Å². The van der Waals surface area contributed by atoms with Crippen LogP contribution in [0.5, 0.6) is 0 Å². The first-order valence-corrected chi connectivity index (χ1v) is 9.66. The molecule has 7 heteroatoms. The van der Waals surface area contributed by atoms with Gasteiger partial charge in [0, 0.05) is 0 Å². The minimum absolute atomic E-state index is 0.311. The second-order valence-corrected chi connectivity index (χ2v) is 6.84. The van der Waals surface area contributed by atoms with Gasteiger partial charge in [-0.3, -0.25) is 0 Å². The van der Waals surface area contributed by atoms with Crippen molar-refractivity contribution in [3.8, 4) is 0 Å².